The van der Waals surface area contributed by atoms with Crippen molar-refractivity contribution in [1.82, 2.24) is 19.2 Å². The third-order valence-electron chi connectivity index (χ3n) is 5.54. The molecule has 2 aromatic heterocycles. The summed E-state index contributed by atoms with van der Waals surface area (Å²) >= 11 is 0. The summed E-state index contributed by atoms with van der Waals surface area (Å²) in [7, 11) is -1.94. The number of carbonyl (C=O) groups excluding carboxylic acids is 1. The fourth-order valence-electron chi connectivity index (χ4n) is 3.36. The van der Waals surface area contributed by atoms with Gasteiger partial charge in [-0.1, -0.05) is 18.8 Å². The second-order valence-corrected chi connectivity index (χ2v) is 10.3. The Labute approximate surface area is 194 Å². The molecule has 0 aliphatic carbocycles. The number of aliphatic hydroxyl groups is 1. The van der Waals surface area contributed by atoms with Gasteiger partial charge in [-0.2, -0.15) is 0 Å². The number of fused-ring (bicyclic) bond motifs is 1. The zero-order valence-corrected chi connectivity index (χ0v) is 19.9. The molecule has 0 radical (unpaired) electrons. The SMILES string of the molecule is C[C@@H]1CN([C@@H](C)CO)C(=O)c2cc(C#Cc3cccnc3)cnc2O[C@H]1CN(C)S(C)(=O)=O. The number of nitrogens with zero attached hydrogens (tertiary/aromatic N) is 4. The Bertz CT molecular complexity index is 1160. The van der Waals surface area contributed by atoms with Gasteiger partial charge >= 0.3 is 0 Å². The molecule has 0 saturated heterocycles. The van der Waals surface area contributed by atoms with Gasteiger partial charge in [-0.3, -0.25) is 9.78 Å². The van der Waals surface area contributed by atoms with E-state index in [4.69, 9.17) is 4.74 Å². The van der Waals surface area contributed by atoms with Crippen LogP contribution < -0.4 is 4.74 Å². The maximum atomic E-state index is 13.4. The fourth-order valence-corrected chi connectivity index (χ4v) is 3.78. The van der Waals surface area contributed by atoms with E-state index in [1.807, 2.05) is 13.0 Å². The fraction of sp³-hybridized carbons (Fsp3) is 0.435. The van der Waals surface area contributed by atoms with Crippen molar-refractivity contribution < 1.29 is 23.1 Å². The summed E-state index contributed by atoms with van der Waals surface area (Å²) in [4.78, 5) is 23.3. The summed E-state index contributed by atoms with van der Waals surface area (Å²) in [5.74, 6) is 5.53. The molecule has 3 rings (SSSR count). The minimum atomic E-state index is -3.42. The van der Waals surface area contributed by atoms with E-state index >= 15 is 0 Å². The van der Waals surface area contributed by atoms with Gasteiger partial charge in [0.05, 0.1) is 25.4 Å². The minimum Gasteiger partial charge on any atom is -0.472 e. The monoisotopic (exact) mass is 472 g/mol. The van der Waals surface area contributed by atoms with Gasteiger partial charge in [0.15, 0.2) is 0 Å². The van der Waals surface area contributed by atoms with Crippen LogP contribution in [-0.4, -0.2) is 83.8 Å². The van der Waals surface area contributed by atoms with Crippen LogP contribution >= 0.6 is 0 Å². The smallest absolute Gasteiger partial charge is 0.259 e. The van der Waals surface area contributed by atoms with E-state index in [1.165, 1.54) is 17.5 Å². The Kier molecular flexibility index (Phi) is 7.68. The summed E-state index contributed by atoms with van der Waals surface area (Å²) in [6, 6.07) is 4.77. The number of amides is 1. The summed E-state index contributed by atoms with van der Waals surface area (Å²) in [5, 5.41) is 9.73. The van der Waals surface area contributed by atoms with Gasteiger partial charge in [0.2, 0.25) is 15.9 Å². The molecule has 3 atom stereocenters. The number of rotatable bonds is 5. The lowest BCUT2D eigenvalue weighted by Crippen LogP contribution is -2.50. The number of hydrogen-bond donors (Lipinski definition) is 1. The zero-order chi connectivity index (χ0) is 24.2. The Morgan fingerprint density at radius 3 is 2.70 bits per heavy atom. The molecule has 1 amide bonds. The molecule has 3 heterocycles. The maximum absolute atomic E-state index is 13.4. The second-order valence-electron chi connectivity index (χ2n) is 8.23. The standard InChI is InChI=1S/C23H28N4O5S/c1-16-13-27(17(2)15-28)23(29)20-10-19(8-7-18-6-5-9-24-11-18)12-25-22(20)32-21(16)14-26(3)33(4,30)31/h5-6,9-12,16-17,21,28H,13-15H2,1-4H3/t16-,17+,21+/m1/s1. The molecule has 0 fully saturated rings. The highest BCUT2D eigenvalue weighted by atomic mass is 32.2. The van der Waals surface area contributed by atoms with E-state index in [1.54, 1.807) is 36.4 Å². The van der Waals surface area contributed by atoms with Crippen LogP contribution in [0.15, 0.2) is 36.8 Å². The number of pyridine rings is 2. The van der Waals surface area contributed by atoms with Crippen molar-refractivity contribution in [2.45, 2.75) is 26.0 Å². The number of likely N-dealkylation sites (N-methyl/N-ethyl adjacent to an activating group) is 1. The second kappa shape index (κ2) is 10.3. The summed E-state index contributed by atoms with van der Waals surface area (Å²) in [6.07, 6.45) is 5.38. The first-order valence-electron chi connectivity index (χ1n) is 10.5. The van der Waals surface area contributed by atoms with Crippen molar-refractivity contribution in [3.8, 4) is 17.7 Å². The molecule has 1 aliphatic rings. The van der Waals surface area contributed by atoms with Crippen LogP contribution in [0, 0.1) is 17.8 Å². The van der Waals surface area contributed by atoms with Crippen LogP contribution in [0.2, 0.25) is 0 Å². The molecule has 0 unspecified atom stereocenters. The van der Waals surface area contributed by atoms with Gasteiger partial charge in [-0.15, -0.1) is 0 Å². The number of carbonyl (C=O) groups is 1. The van der Waals surface area contributed by atoms with Crippen LogP contribution in [0.5, 0.6) is 5.88 Å². The molecule has 0 spiro atoms. The van der Waals surface area contributed by atoms with E-state index in [-0.39, 0.29) is 43.0 Å². The Balaban J connectivity index is 2.01. The van der Waals surface area contributed by atoms with E-state index in [0.29, 0.717) is 5.56 Å². The van der Waals surface area contributed by atoms with E-state index in [0.717, 1.165) is 11.8 Å². The van der Waals surface area contributed by atoms with Crippen molar-refractivity contribution in [3.05, 3.63) is 53.5 Å². The summed E-state index contributed by atoms with van der Waals surface area (Å²) in [6.45, 7) is 3.80. The van der Waals surface area contributed by atoms with Crippen LogP contribution in [0.1, 0.15) is 35.3 Å². The highest BCUT2D eigenvalue weighted by Crippen LogP contribution is 2.27. The normalized spacial score (nSPS) is 19.6. The van der Waals surface area contributed by atoms with Gasteiger partial charge < -0.3 is 14.7 Å². The van der Waals surface area contributed by atoms with Crippen molar-refractivity contribution in [3.63, 3.8) is 0 Å². The highest BCUT2D eigenvalue weighted by molar-refractivity contribution is 7.88. The molecule has 10 heteroatoms. The first kappa shape index (κ1) is 24.6. The van der Waals surface area contributed by atoms with Crippen LogP contribution in [0.25, 0.3) is 0 Å². The number of sulfonamides is 1. The predicted molar refractivity (Wildman–Crippen MR) is 123 cm³/mol. The van der Waals surface area contributed by atoms with Crippen LogP contribution in [-0.2, 0) is 10.0 Å². The Morgan fingerprint density at radius 1 is 1.33 bits per heavy atom. The third-order valence-corrected chi connectivity index (χ3v) is 6.82. The van der Waals surface area contributed by atoms with Crippen molar-refractivity contribution >= 4 is 15.9 Å². The maximum Gasteiger partial charge on any atom is 0.259 e. The molecule has 1 aliphatic heterocycles. The quantitative estimate of drug-likeness (QED) is 0.646. The number of ether oxygens (including phenoxy) is 1. The molecule has 33 heavy (non-hydrogen) atoms. The summed E-state index contributed by atoms with van der Waals surface area (Å²) < 4.78 is 31.2. The van der Waals surface area contributed by atoms with Gasteiger partial charge in [-0.25, -0.2) is 17.7 Å². The lowest BCUT2D eigenvalue weighted by Gasteiger charge is -2.37. The van der Waals surface area contributed by atoms with Crippen molar-refractivity contribution in [2.75, 3.05) is 33.0 Å². The average Bonchev–Trinajstić information content (AvgIpc) is 2.79. The number of hydrogen-bond acceptors (Lipinski definition) is 7. The lowest BCUT2D eigenvalue weighted by atomic mass is 10.0. The van der Waals surface area contributed by atoms with Gasteiger partial charge in [0.25, 0.3) is 5.91 Å². The Hall–Kier alpha value is -3.00. The molecular weight excluding hydrogens is 444 g/mol. The van der Waals surface area contributed by atoms with Crippen molar-refractivity contribution in [2.24, 2.45) is 5.92 Å². The minimum absolute atomic E-state index is 0.0964. The molecule has 0 aromatic carbocycles. The first-order valence-corrected chi connectivity index (χ1v) is 12.4. The predicted octanol–water partition coefficient (Wildman–Crippen LogP) is 0.988. The molecule has 0 saturated carbocycles. The molecule has 0 bridgehead atoms. The molecule has 2 aromatic rings. The topological polar surface area (TPSA) is 113 Å². The summed E-state index contributed by atoms with van der Waals surface area (Å²) in [5.41, 5.74) is 1.46. The number of aromatic nitrogens is 2. The highest BCUT2D eigenvalue weighted by Gasteiger charge is 2.35. The van der Waals surface area contributed by atoms with Crippen LogP contribution in [0.4, 0.5) is 0 Å². The number of aliphatic hydroxyl groups excluding tert-OH is 1. The molecule has 9 nitrogen and oxygen atoms in total. The Morgan fingerprint density at radius 2 is 2.06 bits per heavy atom. The van der Waals surface area contributed by atoms with Gasteiger partial charge in [0, 0.05) is 49.2 Å². The van der Waals surface area contributed by atoms with Crippen LogP contribution in [0.3, 0.4) is 0 Å². The first-order chi connectivity index (χ1) is 15.6. The van der Waals surface area contributed by atoms with Crippen molar-refractivity contribution in [1.29, 1.82) is 0 Å². The lowest BCUT2D eigenvalue weighted by molar-refractivity contribution is 0.0373. The average molecular weight is 473 g/mol. The largest absolute Gasteiger partial charge is 0.472 e. The molecule has 1 N–H and O–H groups in total. The van der Waals surface area contributed by atoms with E-state index in [9.17, 15) is 18.3 Å². The third kappa shape index (κ3) is 6.07. The van der Waals surface area contributed by atoms with Gasteiger partial charge in [-0.05, 0) is 25.1 Å². The van der Waals surface area contributed by atoms with Gasteiger partial charge in [0.1, 0.15) is 11.7 Å². The zero-order valence-electron chi connectivity index (χ0n) is 19.1. The molecular formula is C23H28N4O5S. The molecule has 176 valence electrons. The van der Waals surface area contributed by atoms with E-state index < -0.39 is 22.2 Å². The van der Waals surface area contributed by atoms with E-state index in [2.05, 4.69) is 21.8 Å².